The van der Waals surface area contributed by atoms with E-state index in [9.17, 15) is 14.7 Å². The van der Waals surface area contributed by atoms with Crippen LogP contribution < -0.4 is 10.2 Å². The number of aryl methyl sites for hydroxylation is 1. The van der Waals surface area contributed by atoms with Crippen LogP contribution in [0.4, 0.5) is 5.69 Å². The van der Waals surface area contributed by atoms with Crippen LogP contribution in [0.25, 0.3) is 0 Å². The van der Waals surface area contributed by atoms with Gasteiger partial charge in [-0.25, -0.2) is 0 Å². The Morgan fingerprint density at radius 2 is 1.97 bits per heavy atom. The molecule has 0 spiro atoms. The van der Waals surface area contributed by atoms with Gasteiger partial charge in [0.2, 0.25) is 0 Å². The molecule has 4 rings (SSSR count). The van der Waals surface area contributed by atoms with E-state index in [2.05, 4.69) is 38.7 Å². The molecule has 34 heavy (non-hydrogen) atoms. The Morgan fingerprint density at radius 3 is 2.62 bits per heavy atom. The summed E-state index contributed by atoms with van der Waals surface area (Å²) in [6.45, 7) is 12.4. The molecule has 2 N–H and O–H groups in total. The van der Waals surface area contributed by atoms with E-state index in [1.165, 1.54) is 0 Å². The van der Waals surface area contributed by atoms with Gasteiger partial charge in [0.1, 0.15) is 5.76 Å². The third-order valence-electron chi connectivity index (χ3n) is 7.80. The van der Waals surface area contributed by atoms with Crippen molar-refractivity contribution in [1.82, 2.24) is 5.32 Å². The van der Waals surface area contributed by atoms with Gasteiger partial charge in [-0.1, -0.05) is 32.1 Å². The van der Waals surface area contributed by atoms with Gasteiger partial charge in [0.05, 0.1) is 5.92 Å². The number of rotatable bonds is 6. The van der Waals surface area contributed by atoms with Gasteiger partial charge >= 0.3 is 0 Å². The van der Waals surface area contributed by atoms with Crippen molar-refractivity contribution >= 4 is 17.3 Å². The zero-order chi connectivity index (χ0) is 24.9. The first-order valence-electron chi connectivity index (χ1n) is 12.5. The maximum absolute atomic E-state index is 13.7. The van der Waals surface area contributed by atoms with E-state index in [1.807, 2.05) is 38.1 Å². The second kappa shape index (κ2) is 8.75. The summed E-state index contributed by atoms with van der Waals surface area (Å²) in [5, 5.41) is 14.8. The number of carbonyl (C=O) groups is 2. The molecule has 0 bridgehead atoms. The SMILES string of the molecule is C=C(NC(C)(C)CCC)C1=CCC2CC3Cc4c(N(C)C)ccc(C)c4C(=O)C3=C(O)C2C1=O. The predicted molar refractivity (Wildman–Crippen MR) is 137 cm³/mol. The summed E-state index contributed by atoms with van der Waals surface area (Å²) in [4.78, 5) is 29.4. The van der Waals surface area contributed by atoms with E-state index in [-0.39, 0.29) is 34.7 Å². The van der Waals surface area contributed by atoms with Crippen molar-refractivity contribution in [1.29, 1.82) is 0 Å². The Bertz CT molecular complexity index is 1120. The van der Waals surface area contributed by atoms with Gasteiger partial charge in [0.15, 0.2) is 11.6 Å². The fraction of sp³-hybridized carbons (Fsp3) is 0.517. The largest absolute Gasteiger partial charge is 0.511 e. The van der Waals surface area contributed by atoms with Crippen molar-refractivity contribution in [3.63, 3.8) is 0 Å². The van der Waals surface area contributed by atoms with E-state index < -0.39 is 5.92 Å². The monoisotopic (exact) mass is 462 g/mol. The molecule has 0 fully saturated rings. The number of ketones is 2. The molecule has 1 aromatic carbocycles. The van der Waals surface area contributed by atoms with Crippen LogP contribution >= 0.6 is 0 Å². The number of benzene rings is 1. The molecule has 0 amide bonds. The molecule has 0 aliphatic heterocycles. The molecular formula is C29H38N2O3. The van der Waals surface area contributed by atoms with E-state index in [1.54, 1.807) is 0 Å². The Hall–Kier alpha value is -2.82. The van der Waals surface area contributed by atoms with Crippen LogP contribution in [-0.2, 0) is 11.2 Å². The summed E-state index contributed by atoms with van der Waals surface area (Å²) in [5.74, 6) is -0.974. The van der Waals surface area contributed by atoms with Crippen molar-refractivity contribution in [2.45, 2.75) is 65.3 Å². The molecule has 0 heterocycles. The second-order valence-electron chi connectivity index (χ2n) is 11.1. The topological polar surface area (TPSA) is 69.6 Å². The molecule has 182 valence electrons. The third-order valence-corrected chi connectivity index (χ3v) is 7.80. The first kappa shape index (κ1) is 24.3. The Morgan fingerprint density at radius 1 is 1.26 bits per heavy atom. The van der Waals surface area contributed by atoms with Crippen LogP contribution in [0.1, 0.15) is 67.9 Å². The maximum Gasteiger partial charge on any atom is 0.193 e. The average molecular weight is 463 g/mol. The second-order valence-corrected chi connectivity index (χ2v) is 11.1. The highest BCUT2D eigenvalue weighted by Gasteiger charge is 2.48. The third kappa shape index (κ3) is 3.99. The Labute approximate surface area is 203 Å². The summed E-state index contributed by atoms with van der Waals surface area (Å²) >= 11 is 0. The van der Waals surface area contributed by atoms with Crippen molar-refractivity contribution < 1.29 is 14.7 Å². The quantitative estimate of drug-likeness (QED) is 0.589. The number of fused-ring (bicyclic) bond motifs is 3. The number of Topliss-reactive ketones (excluding diaryl/α,β-unsaturated/α-hetero) is 2. The normalized spacial score (nSPS) is 24.2. The number of allylic oxidation sites excluding steroid dienone is 4. The highest BCUT2D eigenvalue weighted by molar-refractivity contribution is 6.14. The molecule has 3 unspecified atom stereocenters. The van der Waals surface area contributed by atoms with Crippen LogP contribution in [0.3, 0.4) is 0 Å². The number of hydrogen-bond donors (Lipinski definition) is 2. The molecule has 5 nitrogen and oxygen atoms in total. The van der Waals surface area contributed by atoms with Gasteiger partial charge < -0.3 is 15.3 Å². The van der Waals surface area contributed by atoms with Gasteiger partial charge in [0.25, 0.3) is 0 Å². The average Bonchev–Trinajstić information content (AvgIpc) is 2.72. The van der Waals surface area contributed by atoms with Gasteiger partial charge in [-0.2, -0.15) is 0 Å². The van der Waals surface area contributed by atoms with Gasteiger partial charge in [-0.15, -0.1) is 0 Å². The fourth-order valence-corrected chi connectivity index (χ4v) is 6.33. The van der Waals surface area contributed by atoms with E-state index in [0.29, 0.717) is 35.2 Å². The van der Waals surface area contributed by atoms with Crippen LogP contribution in [0.2, 0.25) is 0 Å². The minimum atomic E-state index is -0.665. The van der Waals surface area contributed by atoms with Crippen LogP contribution in [0.15, 0.2) is 47.4 Å². The first-order chi connectivity index (χ1) is 16.0. The molecule has 0 saturated carbocycles. The van der Waals surface area contributed by atoms with Crippen LogP contribution in [-0.4, -0.2) is 36.3 Å². The number of carbonyl (C=O) groups excluding carboxylic acids is 2. The minimum Gasteiger partial charge on any atom is -0.511 e. The standard InChI is InChI=1S/C29H38N2O3/c1-8-13-29(4,5)30-17(3)20-11-10-18-14-19-15-21-22(31(6)7)12-9-16(2)23(21)27(33)25(19)28(34)24(18)26(20)32/h9,11-12,18-19,24,30,34H,3,8,10,13-15H2,1-2,4-7H3. The molecule has 5 heteroatoms. The van der Waals surface area contributed by atoms with Crippen LogP contribution in [0, 0.1) is 24.7 Å². The van der Waals surface area contributed by atoms with Crippen molar-refractivity contribution in [2.75, 3.05) is 19.0 Å². The highest BCUT2D eigenvalue weighted by Crippen LogP contribution is 2.49. The Kier molecular flexibility index (Phi) is 6.26. The van der Waals surface area contributed by atoms with E-state index >= 15 is 0 Å². The molecule has 3 aliphatic rings. The van der Waals surface area contributed by atoms with Crippen LogP contribution in [0.5, 0.6) is 0 Å². The smallest absolute Gasteiger partial charge is 0.193 e. The number of nitrogens with zero attached hydrogens (tertiary/aromatic N) is 1. The molecule has 0 aromatic heterocycles. The number of anilines is 1. The summed E-state index contributed by atoms with van der Waals surface area (Å²) in [6, 6.07) is 4.04. The van der Waals surface area contributed by atoms with E-state index in [4.69, 9.17) is 0 Å². The first-order valence-corrected chi connectivity index (χ1v) is 12.5. The van der Waals surface area contributed by atoms with Crippen molar-refractivity contribution in [2.24, 2.45) is 17.8 Å². The maximum atomic E-state index is 13.7. The molecule has 0 saturated heterocycles. The molecular weight excluding hydrogens is 424 g/mol. The lowest BCUT2D eigenvalue weighted by Crippen LogP contribution is -2.43. The van der Waals surface area contributed by atoms with Crippen molar-refractivity contribution in [3.8, 4) is 0 Å². The van der Waals surface area contributed by atoms with Crippen molar-refractivity contribution in [3.05, 3.63) is 64.1 Å². The molecule has 3 aliphatic carbocycles. The molecule has 3 atom stereocenters. The highest BCUT2D eigenvalue weighted by atomic mass is 16.3. The summed E-state index contributed by atoms with van der Waals surface area (Å²) in [7, 11) is 3.98. The zero-order valence-electron chi connectivity index (χ0n) is 21.4. The predicted octanol–water partition coefficient (Wildman–Crippen LogP) is 5.45. The zero-order valence-corrected chi connectivity index (χ0v) is 21.4. The lowest BCUT2D eigenvalue weighted by Gasteiger charge is -2.42. The summed E-state index contributed by atoms with van der Waals surface area (Å²) < 4.78 is 0. The summed E-state index contributed by atoms with van der Waals surface area (Å²) in [6.07, 6.45) is 6.10. The van der Waals surface area contributed by atoms with Gasteiger partial charge in [-0.3, -0.25) is 9.59 Å². The number of nitrogens with one attached hydrogen (secondary N) is 1. The Balaban J connectivity index is 1.70. The van der Waals surface area contributed by atoms with Gasteiger partial charge in [-0.05, 0) is 75.5 Å². The van der Waals surface area contributed by atoms with E-state index in [0.717, 1.165) is 36.1 Å². The lowest BCUT2D eigenvalue weighted by molar-refractivity contribution is -0.121. The molecule has 0 radical (unpaired) electrons. The fourth-order valence-electron chi connectivity index (χ4n) is 6.33. The number of hydrogen-bond acceptors (Lipinski definition) is 5. The number of aliphatic hydroxyl groups excluding tert-OH is 1. The minimum absolute atomic E-state index is 0.00316. The number of aliphatic hydroxyl groups is 1. The summed E-state index contributed by atoms with van der Waals surface area (Å²) in [5.41, 5.74) is 5.14. The van der Waals surface area contributed by atoms with Gasteiger partial charge in [0, 0.05) is 47.7 Å². The molecule has 1 aromatic rings. The lowest BCUT2D eigenvalue weighted by atomic mass is 9.62.